The zero-order valence-corrected chi connectivity index (χ0v) is 8.17. The summed E-state index contributed by atoms with van der Waals surface area (Å²) in [5.41, 5.74) is 11.1. The largest absolute Gasteiger partial charge is 0.365 e. The van der Waals surface area contributed by atoms with Crippen molar-refractivity contribution in [1.82, 2.24) is 4.98 Å². The summed E-state index contributed by atoms with van der Waals surface area (Å²) in [5, 5.41) is 0.747. The average molecular weight is 208 g/mol. The molecule has 6 heteroatoms. The Morgan fingerprint density at radius 3 is 2.50 bits per heavy atom. The number of hydrogen-bond acceptors (Lipinski definition) is 4. The number of nitrogens with zero attached hydrogens (tertiary/aromatic N) is 1. The van der Waals surface area contributed by atoms with E-state index in [4.69, 9.17) is 11.5 Å². The Hall–Kier alpha value is -0.650. The monoisotopic (exact) mass is 207 g/mol. The molecule has 0 saturated heterocycles. The van der Waals surface area contributed by atoms with E-state index >= 15 is 0 Å². The normalized spacial score (nSPS) is 9.17. The predicted molar refractivity (Wildman–Crippen MR) is 50.5 cm³/mol. The minimum Gasteiger partial charge on any atom is -0.365 e. The van der Waals surface area contributed by atoms with Crippen molar-refractivity contribution < 1.29 is 4.79 Å². The maximum absolute atomic E-state index is 10.7. The first-order valence-corrected chi connectivity index (χ1v) is 3.93. The Balaban J connectivity index is 0.00000121. The van der Waals surface area contributed by atoms with E-state index in [1.807, 2.05) is 0 Å². The maximum atomic E-state index is 10.7. The van der Waals surface area contributed by atoms with Gasteiger partial charge in [0.25, 0.3) is 5.91 Å². The second kappa shape index (κ2) is 4.39. The summed E-state index contributed by atoms with van der Waals surface area (Å²) in [6.07, 6.45) is 0. The molecule has 0 unspecified atom stereocenters. The van der Waals surface area contributed by atoms with Crippen LogP contribution in [-0.4, -0.2) is 10.9 Å². The fourth-order valence-corrected chi connectivity index (χ4v) is 1.56. The highest BCUT2D eigenvalue weighted by atomic mass is 35.5. The molecule has 0 fully saturated rings. The number of amides is 1. The van der Waals surface area contributed by atoms with E-state index in [-0.39, 0.29) is 12.4 Å². The van der Waals surface area contributed by atoms with E-state index in [0.717, 1.165) is 5.01 Å². The van der Waals surface area contributed by atoms with E-state index in [0.29, 0.717) is 17.1 Å². The zero-order chi connectivity index (χ0) is 8.43. The van der Waals surface area contributed by atoms with Crippen LogP contribution in [0.5, 0.6) is 0 Å². The number of primary amides is 1. The molecule has 0 aliphatic carbocycles. The first kappa shape index (κ1) is 11.4. The quantitative estimate of drug-likeness (QED) is 0.738. The lowest BCUT2D eigenvalue weighted by Gasteiger charge is -1.85. The van der Waals surface area contributed by atoms with Gasteiger partial charge in [0.1, 0.15) is 9.88 Å². The molecule has 1 amide bonds. The van der Waals surface area contributed by atoms with E-state index in [2.05, 4.69) is 4.98 Å². The minimum atomic E-state index is -0.431. The van der Waals surface area contributed by atoms with E-state index < -0.39 is 5.91 Å². The highest BCUT2D eigenvalue weighted by Gasteiger charge is 2.10. The molecule has 4 N–H and O–H groups in total. The topological polar surface area (TPSA) is 82.0 Å². The van der Waals surface area contributed by atoms with Gasteiger partial charge in [0, 0.05) is 6.54 Å². The van der Waals surface area contributed by atoms with Gasteiger partial charge in [0.15, 0.2) is 0 Å². The summed E-state index contributed by atoms with van der Waals surface area (Å²) in [4.78, 5) is 15.3. The summed E-state index contributed by atoms with van der Waals surface area (Å²) >= 11 is 1.26. The molecule has 12 heavy (non-hydrogen) atoms. The molecule has 0 aliphatic rings. The number of aromatic nitrogens is 1. The lowest BCUT2D eigenvalue weighted by Crippen LogP contribution is -2.09. The van der Waals surface area contributed by atoms with Gasteiger partial charge in [-0.2, -0.15) is 0 Å². The Bertz CT molecular complexity index is 286. The molecule has 4 nitrogen and oxygen atoms in total. The van der Waals surface area contributed by atoms with Crippen LogP contribution in [0.3, 0.4) is 0 Å². The van der Waals surface area contributed by atoms with E-state index in [1.165, 1.54) is 11.3 Å². The Kier molecular flexibility index (Phi) is 4.16. The van der Waals surface area contributed by atoms with Crippen molar-refractivity contribution in [2.24, 2.45) is 11.5 Å². The Labute approximate surface area is 80.4 Å². The third kappa shape index (κ3) is 2.17. The molecule has 1 heterocycles. The van der Waals surface area contributed by atoms with Crippen molar-refractivity contribution in [3.63, 3.8) is 0 Å². The Morgan fingerprint density at radius 2 is 2.25 bits per heavy atom. The average Bonchev–Trinajstić information content (AvgIpc) is 2.30. The summed E-state index contributed by atoms with van der Waals surface area (Å²) in [6.45, 7) is 2.11. The molecule has 68 valence electrons. The van der Waals surface area contributed by atoms with Crippen molar-refractivity contribution in [2.45, 2.75) is 13.5 Å². The van der Waals surface area contributed by atoms with Crippen LogP contribution in [0.4, 0.5) is 0 Å². The molecule has 0 saturated carbocycles. The predicted octanol–water partition coefficient (Wildman–Crippen LogP) is 0.431. The minimum absolute atomic E-state index is 0. The van der Waals surface area contributed by atoms with Gasteiger partial charge in [0.05, 0.1) is 5.69 Å². The van der Waals surface area contributed by atoms with Crippen molar-refractivity contribution in [3.05, 3.63) is 15.6 Å². The smallest absolute Gasteiger partial charge is 0.260 e. The van der Waals surface area contributed by atoms with Gasteiger partial charge in [-0.1, -0.05) is 0 Å². The fraction of sp³-hybridized carbons (Fsp3) is 0.333. The van der Waals surface area contributed by atoms with Crippen molar-refractivity contribution >= 4 is 29.7 Å². The van der Waals surface area contributed by atoms with Crippen LogP contribution in [0.25, 0.3) is 0 Å². The third-order valence-corrected chi connectivity index (χ3v) is 2.43. The number of hydrogen-bond donors (Lipinski definition) is 2. The molecule has 0 radical (unpaired) electrons. The second-order valence-corrected chi connectivity index (χ2v) is 3.17. The molecule has 0 spiro atoms. The standard InChI is InChI=1S/C6H9N3OS.ClH/c1-3-5(6(8)10)11-4(2-7)9-3;/h2,7H2,1H3,(H2,8,10);1H. The number of halogens is 1. The SMILES string of the molecule is Cc1nc(CN)sc1C(N)=O.Cl. The van der Waals surface area contributed by atoms with Crippen LogP contribution in [0.2, 0.25) is 0 Å². The van der Waals surface area contributed by atoms with Crippen LogP contribution < -0.4 is 11.5 Å². The first-order valence-electron chi connectivity index (χ1n) is 3.11. The van der Waals surface area contributed by atoms with Gasteiger partial charge < -0.3 is 11.5 Å². The Morgan fingerprint density at radius 1 is 1.67 bits per heavy atom. The fourth-order valence-electron chi connectivity index (χ4n) is 0.768. The van der Waals surface area contributed by atoms with Crippen LogP contribution in [0, 0.1) is 6.92 Å². The molecule has 0 bridgehead atoms. The highest BCUT2D eigenvalue weighted by molar-refractivity contribution is 7.13. The first-order chi connectivity index (χ1) is 5.15. The number of aryl methyl sites for hydroxylation is 1. The molecular weight excluding hydrogens is 198 g/mol. The second-order valence-electron chi connectivity index (χ2n) is 2.09. The maximum Gasteiger partial charge on any atom is 0.260 e. The lowest BCUT2D eigenvalue weighted by molar-refractivity contribution is 0.100. The molecule has 1 aromatic rings. The van der Waals surface area contributed by atoms with Crippen molar-refractivity contribution in [2.75, 3.05) is 0 Å². The lowest BCUT2D eigenvalue weighted by atomic mass is 10.4. The number of thiazole rings is 1. The zero-order valence-electron chi connectivity index (χ0n) is 6.53. The third-order valence-electron chi connectivity index (χ3n) is 1.24. The van der Waals surface area contributed by atoms with Gasteiger partial charge in [-0.3, -0.25) is 4.79 Å². The van der Waals surface area contributed by atoms with Crippen LogP contribution in [0.1, 0.15) is 20.4 Å². The van der Waals surface area contributed by atoms with Crippen LogP contribution >= 0.6 is 23.7 Å². The van der Waals surface area contributed by atoms with E-state index in [1.54, 1.807) is 6.92 Å². The van der Waals surface area contributed by atoms with Gasteiger partial charge in [0.2, 0.25) is 0 Å². The van der Waals surface area contributed by atoms with Crippen LogP contribution in [0.15, 0.2) is 0 Å². The van der Waals surface area contributed by atoms with Gasteiger partial charge in [-0.05, 0) is 6.92 Å². The number of rotatable bonds is 2. The number of nitrogens with two attached hydrogens (primary N) is 2. The summed E-state index contributed by atoms with van der Waals surface area (Å²) in [7, 11) is 0. The van der Waals surface area contributed by atoms with Gasteiger partial charge in [-0.25, -0.2) is 4.98 Å². The molecule has 0 aliphatic heterocycles. The van der Waals surface area contributed by atoms with E-state index in [9.17, 15) is 4.79 Å². The molecular formula is C6H10ClN3OS. The van der Waals surface area contributed by atoms with Gasteiger partial charge >= 0.3 is 0 Å². The summed E-state index contributed by atoms with van der Waals surface area (Å²) < 4.78 is 0. The summed E-state index contributed by atoms with van der Waals surface area (Å²) in [6, 6.07) is 0. The number of carbonyl (C=O) groups excluding carboxylic acids is 1. The molecule has 0 atom stereocenters. The van der Waals surface area contributed by atoms with Gasteiger partial charge in [-0.15, -0.1) is 23.7 Å². The molecule has 1 rings (SSSR count). The molecule has 0 aromatic carbocycles. The highest BCUT2D eigenvalue weighted by Crippen LogP contribution is 2.16. The van der Waals surface area contributed by atoms with Crippen molar-refractivity contribution in [3.8, 4) is 0 Å². The number of carbonyl (C=O) groups is 1. The molecule has 1 aromatic heterocycles. The van der Waals surface area contributed by atoms with Crippen LogP contribution in [-0.2, 0) is 6.54 Å². The summed E-state index contributed by atoms with van der Waals surface area (Å²) in [5.74, 6) is -0.431. The van der Waals surface area contributed by atoms with Crippen molar-refractivity contribution in [1.29, 1.82) is 0 Å².